The van der Waals surface area contributed by atoms with Gasteiger partial charge in [-0.1, -0.05) is 0 Å². The van der Waals surface area contributed by atoms with E-state index in [1.54, 1.807) is 10.7 Å². The summed E-state index contributed by atoms with van der Waals surface area (Å²) in [5, 5.41) is 11.0. The van der Waals surface area contributed by atoms with Crippen LogP contribution < -0.4 is 0 Å². The van der Waals surface area contributed by atoms with Gasteiger partial charge in [0.25, 0.3) is 6.47 Å². The second kappa shape index (κ2) is 4.20. The van der Waals surface area contributed by atoms with Crippen molar-refractivity contribution in [1.82, 2.24) is 14.6 Å². The molecule has 0 spiro atoms. The number of carboxylic acid groups (broad SMARTS) is 1. The minimum Gasteiger partial charge on any atom is -0.483 e. The molecular formula is C8H9N3O2. The summed E-state index contributed by atoms with van der Waals surface area (Å²) in [7, 11) is 0. The van der Waals surface area contributed by atoms with Gasteiger partial charge in [-0.15, -0.1) is 0 Å². The molecule has 0 unspecified atom stereocenters. The van der Waals surface area contributed by atoms with E-state index in [0.717, 1.165) is 11.2 Å². The van der Waals surface area contributed by atoms with Crippen molar-refractivity contribution in [2.45, 2.75) is 6.92 Å². The van der Waals surface area contributed by atoms with Gasteiger partial charge in [-0.25, -0.2) is 9.50 Å². The Labute approximate surface area is 74.6 Å². The fourth-order valence-corrected chi connectivity index (χ4v) is 0.946. The summed E-state index contributed by atoms with van der Waals surface area (Å²) in [4.78, 5) is 12.5. The van der Waals surface area contributed by atoms with Crippen molar-refractivity contribution < 1.29 is 9.90 Å². The van der Waals surface area contributed by atoms with Crippen LogP contribution in [0.5, 0.6) is 0 Å². The van der Waals surface area contributed by atoms with Crippen LogP contribution in [0.3, 0.4) is 0 Å². The van der Waals surface area contributed by atoms with Crippen LogP contribution in [0.15, 0.2) is 24.7 Å². The van der Waals surface area contributed by atoms with E-state index in [9.17, 15) is 0 Å². The standard InChI is InChI=1S/C7H7N3.CH2O2/c1-6-5-9-10-4-2-3-8-7(6)10;2-1-3/h2-5H,1H3;1H,(H,2,3). The smallest absolute Gasteiger partial charge is 0.290 e. The first-order valence-corrected chi connectivity index (χ1v) is 3.62. The molecule has 0 bridgehead atoms. The molecule has 2 heterocycles. The van der Waals surface area contributed by atoms with Crippen molar-refractivity contribution in [3.8, 4) is 0 Å². The third-order valence-corrected chi connectivity index (χ3v) is 1.46. The highest BCUT2D eigenvalue weighted by Crippen LogP contribution is 2.02. The third kappa shape index (κ3) is 2.02. The molecule has 0 atom stereocenters. The Morgan fingerprint density at radius 3 is 2.92 bits per heavy atom. The van der Waals surface area contributed by atoms with E-state index in [-0.39, 0.29) is 6.47 Å². The minimum atomic E-state index is -0.250. The molecule has 68 valence electrons. The average molecular weight is 179 g/mol. The third-order valence-electron chi connectivity index (χ3n) is 1.46. The van der Waals surface area contributed by atoms with Gasteiger partial charge in [-0.2, -0.15) is 5.10 Å². The molecule has 5 nitrogen and oxygen atoms in total. The summed E-state index contributed by atoms with van der Waals surface area (Å²) in [5.41, 5.74) is 2.04. The topological polar surface area (TPSA) is 67.5 Å². The molecule has 2 aromatic heterocycles. The fourth-order valence-electron chi connectivity index (χ4n) is 0.946. The van der Waals surface area contributed by atoms with Crippen LogP contribution in [-0.2, 0) is 4.79 Å². The largest absolute Gasteiger partial charge is 0.483 e. The van der Waals surface area contributed by atoms with Crippen molar-refractivity contribution in [2.24, 2.45) is 0 Å². The zero-order chi connectivity index (χ0) is 9.68. The quantitative estimate of drug-likeness (QED) is 0.605. The van der Waals surface area contributed by atoms with E-state index in [0.29, 0.717) is 0 Å². The number of rotatable bonds is 0. The number of aromatic nitrogens is 3. The molecule has 2 rings (SSSR count). The minimum absolute atomic E-state index is 0.250. The van der Waals surface area contributed by atoms with Crippen LogP contribution in [-0.4, -0.2) is 26.2 Å². The van der Waals surface area contributed by atoms with Crippen LogP contribution in [0.4, 0.5) is 0 Å². The first kappa shape index (κ1) is 9.18. The molecule has 0 aromatic carbocycles. The summed E-state index contributed by atoms with van der Waals surface area (Å²) in [5.74, 6) is 0. The molecule has 0 aliphatic heterocycles. The van der Waals surface area contributed by atoms with Gasteiger partial charge < -0.3 is 5.11 Å². The SMILES string of the molecule is Cc1cnn2cccnc12.O=CO. The number of fused-ring (bicyclic) bond motifs is 1. The van der Waals surface area contributed by atoms with Crippen LogP contribution in [0.2, 0.25) is 0 Å². The first-order chi connectivity index (χ1) is 6.29. The molecule has 5 heteroatoms. The Morgan fingerprint density at radius 1 is 1.62 bits per heavy atom. The summed E-state index contributed by atoms with van der Waals surface area (Å²) < 4.78 is 1.76. The number of carbonyl (C=O) groups is 1. The van der Waals surface area contributed by atoms with E-state index >= 15 is 0 Å². The molecule has 1 N–H and O–H groups in total. The second-order valence-electron chi connectivity index (χ2n) is 2.32. The van der Waals surface area contributed by atoms with Gasteiger partial charge in [0.1, 0.15) is 0 Å². The normalized spacial score (nSPS) is 9.00. The van der Waals surface area contributed by atoms with Crippen LogP contribution >= 0.6 is 0 Å². The lowest BCUT2D eigenvalue weighted by Gasteiger charge is -1.88. The summed E-state index contributed by atoms with van der Waals surface area (Å²) in [6, 6.07) is 1.86. The Balaban J connectivity index is 0.000000251. The summed E-state index contributed by atoms with van der Waals surface area (Å²) >= 11 is 0. The molecule has 13 heavy (non-hydrogen) atoms. The first-order valence-electron chi connectivity index (χ1n) is 3.62. The average Bonchev–Trinajstić information content (AvgIpc) is 2.50. The number of hydrogen-bond acceptors (Lipinski definition) is 3. The van der Waals surface area contributed by atoms with Gasteiger partial charge >= 0.3 is 0 Å². The highest BCUT2D eigenvalue weighted by atomic mass is 16.3. The predicted molar refractivity (Wildman–Crippen MR) is 46.4 cm³/mol. The molecule has 0 amide bonds. The van der Waals surface area contributed by atoms with Gasteiger partial charge in [-0.05, 0) is 13.0 Å². The number of aryl methyl sites for hydroxylation is 1. The molecule has 2 aromatic rings. The molecule has 0 radical (unpaired) electrons. The zero-order valence-electron chi connectivity index (χ0n) is 7.08. The lowest BCUT2D eigenvalue weighted by atomic mass is 10.4. The Kier molecular flexibility index (Phi) is 2.97. The van der Waals surface area contributed by atoms with E-state index in [2.05, 4.69) is 10.1 Å². The highest BCUT2D eigenvalue weighted by Gasteiger charge is 1.95. The second-order valence-corrected chi connectivity index (χ2v) is 2.32. The highest BCUT2D eigenvalue weighted by molar-refractivity contribution is 5.44. The maximum absolute atomic E-state index is 8.36. The molecular weight excluding hydrogens is 170 g/mol. The fraction of sp³-hybridized carbons (Fsp3) is 0.125. The van der Waals surface area contributed by atoms with Crippen LogP contribution in [0, 0.1) is 6.92 Å². The lowest BCUT2D eigenvalue weighted by molar-refractivity contribution is -0.122. The van der Waals surface area contributed by atoms with Gasteiger partial charge in [0.2, 0.25) is 0 Å². The Hall–Kier alpha value is -1.91. The van der Waals surface area contributed by atoms with Crippen molar-refractivity contribution in [1.29, 1.82) is 0 Å². The van der Waals surface area contributed by atoms with E-state index in [1.807, 2.05) is 25.4 Å². The Bertz CT molecular complexity index is 397. The maximum atomic E-state index is 8.36. The van der Waals surface area contributed by atoms with Crippen molar-refractivity contribution in [2.75, 3.05) is 0 Å². The summed E-state index contributed by atoms with van der Waals surface area (Å²) in [6.07, 6.45) is 5.46. The van der Waals surface area contributed by atoms with Crippen LogP contribution in [0.1, 0.15) is 5.56 Å². The van der Waals surface area contributed by atoms with E-state index in [4.69, 9.17) is 9.90 Å². The van der Waals surface area contributed by atoms with Crippen molar-refractivity contribution in [3.05, 3.63) is 30.2 Å². The Morgan fingerprint density at radius 2 is 2.31 bits per heavy atom. The van der Waals surface area contributed by atoms with E-state index < -0.39 is 0 Å². The van der Waals surface area contributed by atoms with Gasteiger partial charge in [-0.3, -0.25) is 4.79 Å². The maximum Gasteiger partial charge on any atom is 0.290 e. The van der Waals surface area contributed by atoms with Crippen molar-refractivity contribution in [3.63, 3.8) is 0 Å². The molecule has 0 fully saturated rings. The predicted octanol–water partition coefficient (Wildman–Crippen LogP) is 0.739. The summed E-state index contributed by atoms with van der Waals surface area (Å²) in [6.45, 7) is 1.75. The lowest BCUT2D eigenvalue weighted by Crippen LogP contribution is -1.86. The van der Waals surface area contributed by atoms with Gasteiger partial charge in [0.15, 0.2) is 5.65 Å². The molecule has 0 saturated heterocycles. The number of hydrogen-bond donors (Lipinski definition) is 1. The van der Waals surface area contributed by atoms with Crippen molar-refractivity contribution >= 4 is 12.1 Å². The molecule has 0 aliphatic rings. The van der Waals surface area contributed by atoms with Crippen LogP contribution in [0.25, 0.3) is 5.65 Å². The number of nitrogens with zero attached hydrogens (tertiary/aromatic N) is 3. The van der Waals surface area contributed by atoms with Gasteiger partial charge in [0, 0.05) is 18.0 Å². The monoisotopic (exact) mass is 179 g/mol. The van der Waals surface area contributed by atoms with Gasteiger partial charge in [0.05, 0.1) is 6.20 Å². The zero-order valence-corrected chi connectivity index (χ0v) is 7.08. The van der Waals surface area contributed by atoms with E-state index in [1.165, 1.54) is 0 Å². The molecule has 0 saturated carbocycles. The molecule has 0 aliphatic carbocycles.